The lowest BCUT2D eigenvalue weighted by molar-refractivity contribution is -0.111. The van der Waals surface area contributed by atoms with Gasteiger partial charge < -0.3 is 5.32 Å². The highest BCUT2D eigenvalue weighted by Crippen LogP contribution is 2.22. The van der Waals surface area contributed by atoms with Gasteiger partial charge in [-0.2, -0.15) is 0 Å². The predicted octanol–water partition coefficient (Wildman–Crippen LogP) is 5.03. The van der Waals surface area contributed by atoms with Crippen LogP contribution in [0.5, 0.6) is 0 Å². The Morgan fingerprint density at radius 3 is 2.33 bits per heavy atom. The van der Waals surface area contributed by atoms with Crippen molar-refractivity contribution < 1.29 is 4.79 Å². The number of carbonyl (C=O) groups excluding carboxylic acids is 1. The highest BCUT2D eigenvalue weighted by atomic mass is 79.9. The van der Waals surface area contributed by atoms with Crippen LogP contribution in [-0.2, 0) is 4.79 Å². The average molecular weight is 344 g/mol. The van der Waals surface area contributed by atoms with E-state index in [1.807, 2.05) is 38.1 Å². The first-order valence-corrected chi connectivity index (χ1v) is 7.58. The third-order valence-electron chi connectivity index (χ3n) is 3.24. The van der Waals surface area contributed by atoms with Crippen molar-refractivity contribution >= 4 is 33.6 Å². The predicted molar refractivity (Wildman–Crippen MR) is 92.5 cm³/mol. The maximum absolute atomic E-state index is 12.1. The van der Waals surface area contributed by atoms with Crippen molar-refractivity contribution in [1.82, 2.24) is 0 Å². The van der Waals surface area contributed by atoms with Crippen molar-refractivity contribution in [3.8, 4) is 0 Å². The molecule has 2 aromatic carbocycles. The van der Waals surface area contributed by atoms with E-state index in [-0.39, 0.29) is 5.91 Å². The molecule has 0 aliphatic rings. The number of amides is 1. The molecule has 0 heterocycles. The summed E-state index contributed by atoms with van der Waals surface area (Å²) in [6, 6.07) is 11.9. The smallest absolute Gasteiger partial charge is 0.248 e. The van der Waals surface area contributed by atoms with Gasteiger partial charge in [0.05, 0.1) is 0 Å². The molecule has 0 unspecified atom stereocenters. The maximum atomic E-state index is 12.1. The molecule has 108 valence electrons. The number of benzene rings is 2. The SMILES string of the molecule is Cc1cc(C)c(NC(=O)/C=C/c2ccccc2Br)c(C)c1. The van der Waals surface area contributed by atoms with Gasteiger partial charge in [-0.1, -0.05) is 51.8 Å². The fraction of sp³-hybridized carbons (Fsp3) is 0.167. The molecule has 2 nitrogen and oxygen atoms in total. The highest BCUT2D eigenvalue weighted by molar-refractivity contribution is 9.10. The van der Waals surface area contributed by atoms with Crippen LogP contribution < -0.4 is 5.32 Å². The summed E-state index contributed by atoms with van der Waals surface area (Å²) in [5, 5.41) is 2.95. The molecule has 1 amide bonds. The Balaban J connectivity index is 2.15. The summed E-state index contributed by atoms with van der Waals surface area (Å²) in [5.41, 5.74) is 5.23. The van der Waals surface area contributed by atoms with E-state index >= 15 is 0 Å². The van der Waals surface area contributed by atoms with Crippen LogP contribution in [0.3, 0.4) is 0 Å². The molecule has 0 bridgehead atoms. The Bertz CT molecular complexity index is 681. The van der Waals surface area contributed by atoms with Crippen LogP contribution in [0.2, 0.25) is 0 Å². The van der Waals surface area contributed by atoms with Crippen LogP contribution in [0.15, 0.2) is 46.9 Å². The first-order valence-electron chi connectivity index (χ1n) is 6.79. The summed E-state index contributed by atoms with van der Waals surface area (Å²) in [7, 11) is 0. The summed E-state index contributed by atoms with van der Waals surface area (Å²) < 4.78 is 0.969. The number of aryl methyl sites for hydroxylation is 3. The van der Waals surface area contributed by atoms with Gasteiger partial charge in [-0.25, -0.2) is 0 Å². The van der Waals surface area contributed by atoms with Gasteiger partial charge in [0.2, 0.25) is 5.91 Å². The quantitative estimate of drug-likeness (QED) is 0.778. The minimum atomic E-state index is -0.124. The third-order valence-corrected chi connectivity index (χ3v) is 3.97. The fourth-order valence-corrected chi connectivity index (χ4v) is 2.73. The fourth-order valence-electron chi connectivity index (χ4n) is 2.32. The van der Waals surface area contributed by atoms with Gasteiger partial charge in [0.1, 0.15) is 0 Å². The summed E-state index contributed by atoms with van der Waals surface area (Å²) in [5.74, 6) is -0.124. The molecule has 0 atom stereocenters. The molecular weight excluding hydrogens is 326 g/mol. The van der Waals surface area contributed by atoms with Gasteiger partial charge in [-0.05, 0) is 49.6 Å². The van der Waals surface area contributed by atoms with Gasteiger partial charge in [0.15, 0.2) is 0 Å². The lowest BCUT2D eigenvalue weighted by Crippen LogP contribution is -2.10. The molecule has 0 aliphatic heterocycles. The van der Waals surface area contributed by atoms with Crippen LogP contribution >= 0.6 is 15.9 Å². The van der Waals surface area contributed by atoms with Crippen molar-refractivity contribution in [2.45, 2.75) is 20.8 Å². The topological polar surface area (TPSA) is 29.1 Å². The molecule has 0 spiro atoms. The number of rotatable bonds is 3. The zero-order valence-corrected chi connectivity index (χ0v) is 14.0. The Morgan fingerprint density at radius 2 is 1.71 bits per heavy atom. The van der Waals surface area contributed by atoms with Gasteiger partial charge in [0.25, 0.3) is 0 Å². The molecule has 21 heavy (non-hydrogen) atoms. The van der Waals surface area contributed by atoms with E-state index in [2.05, 4.69) is 40.3 Å². The van der Waals surface area contributed by atoms with Crippen molar-refractivity contribution in [2.75, 3.05) is 5.32 Å². The molecule has 1 N–H and O–H groups in total. The van der Waals surface area contributed by atoms with Crippen molar-refractivity contribution in [2.24, 2.45) is 0 Å². The molecule has 0 saturated heterocycles. The van der Waals surface area contributed by atoms with Crippen molar-refractivity contribution in [3.05, 3.63) is 69.2 Å². The lowest BCUT2D eigenvalue weighted by Gasteiger charge is -2.11. The Hall–Kier alpha value is -1.87. The zero-order valence-electron chi connectivity index (χ0n) is 12.4. The molecule has 0 aromatic heterocycles. The Labute approximate surface area is 134 Å². The normalized spacial score (nSPS) is 10.9. The summed E-state index contributed by atoms with van der Waals surface area (Å²) in [6.07, 6.45) is 3.36. The van der Waals surface area contributed by atoms with E-state index in [0.717, 1.165) is 26.9 Å². The maximum Gasteiger partial charge on any atom is 0.248 e. The minimum absolute atomic E-state index is 0.124. The molecule has 0 radical (unpaired) electrons. The molecule has 2 aromatic rings. The van der Waals surface area contributed by atoms with Gasteiger partial charge in [-0.3, -0.25) is 4.79 Å². The van der Waals surface area contributed by atoms with Gasteiger partial charge in [-0.15, -0.1) is 0 Å². The highest BCUT2D eigenvalue weighted by Gasteiger charge is 2.06. The monoisotopic (exact) mass is 343 g/mol. The van der Waals surface area contributed by atoms with Crippen molar-refractivity contribution in [3.63, 3.8) is 0 Å². The number of halogens is 1. The van der Waals surface area contributed by atoms with E-state index in [9.17, 15) is 4.79 Å². The Morgan fingerprint density at radius 1 is 1.10 bits per heavy atom. The number of nitrogens with one attached hydrogen (secondary N) is 1. The van der Waals surface area contributed by atoms with E-state index < -0.39 is 0 Å². The van der Waals surface area contributed by atoms with E-state index in [1.165, 1.54) is 5.56 Å². The van der Waals surface area contributed by atoms with Crippen LogP contribution in [0.1, 0.15) is 22.3 Å². The zero-order chi connectivity index (χ0) is 15.4. The number of hydrogen-bond acceptors (Lipinski definition) is 1. The molecule has 0 aliphatic carbocycles. The lowest BCUT2D eigenvalue weighted by atomic mass is 10.1. The molecule has 3 heteroatoms. The standard InChI is InChI=1S/C18H18BrNO/c1-12-10-13(2)18(14(3)11-12)20-17(21)9-8-15-6-4-5-7-16(15)19/h4-11H,1-3H3,(H,20,21)/b9-8+. The van der Waals surface area contributed by atoms with Gasteiger partial charge >= 0.3 is 0 Å². The van der Waals surface area contributed by atoms with Crippen LogP contribution in [0.4, 0.5) is 5.69 Å². The van der Waals surface area contributed by atoms with E-state index in [0.29, 0.717) is 0 Å². The minimum Gasteiger partial charge on any atom is -0.322 e. The van der Waals surface area contributed by atoms with E-state index in [4.69, 9.17) is 0 Å². The van der Waals surface area contributed by atoms with Crippen LogP contribution in [0.25, 0.3) is 6.08 Å². The first-order chi connectivity index (χ1) is 9.97. The molecule has 0 saturated carbocycles. The van der Waals surface area contributed by atoms with Crippen molar-refractivity contribution in [1.29, 1.82) is 0 Å². The molecule has 2 rings (SSSR count). The number of anilines is 1. The first kappa shape index (κ1) is 15.5. The van der Waals surface area contributed by atoms with E-state index in [1.54, 1.807) is 12.2 Å². The van der Waals surface area contributed by atoms with Crippen LogP contribution in [0, 0.1) is 20.8 Å². The largest absolute Gasteiger partial charge is 0.322 e. The third kappa shape index (κ3) is 4.05. The summed E-state index contributed by atoms with van der Waals surface area (Å²) in [6.45, 7) is 6.07. The summed E-state index contributed by atoms with van der Waals surface area (Å²) in [4.78, 5) is 12.1. The molecular formula is C18H18BrNO. The van der Waals surface area contributed by atoms with Crippen LogP contribution in [-0.4, -0.2) is 5.91 Å². The average Bonchev–Trinajstić information content (AvgIpc) is 2.42. The second kappa shape index (κ2) is 6.72. The number of hydrogen-bond donors (Lipinski definition) is 1. The second-order valence-corrected chi connectivity index (χ2v) is 5.97. The number of carbonyl (C=O) groups is 1. The summed E-state index contributed by atoms with van der Waals surface area (Å²) >= 11 is 3.46. The second-order valence-electron chi connectivity index (χ2n) is 5.12. The van der Waals surface area contributed by atoms with Gasteiger partial charge in [0, 0.05) is 16.2 Å². The Kier molecular flexibility index (Phi) is 4.97. The molecule has 0 fully saturated rings.